The minimum Gasteiger partial charge on any atom is -0.416 e. The fourth-order valence-electron chi connectivity index (χ4n) is 5.48. The molecule has 0 N–H and O–H groups in total. The van der Waals surface area contributed by atoms with E-state index in [4.69, 9.17) is 9.40 Å². The van der Waals surface area contributed by atoms with Gasteiger partial charge in [-0.3, -0.25) is 0 Å². The van der Waals surface area contributed by atoms with Crippen LogP contribution in [0.1, 0.15) is 25.7 Å². The monoisotopic (exact) mass is 503 g/mol. The van der Waals surface area contributed by atoms with Gasteiger partial charge in [0.25, 0.3) is 11.3 Å². The van der Waals surface area contributed by atoms with Crippen LogP contribution in [0.25, 0.3) is 11.5 Å². The van der Waals surface area contributed by atoms with Crippen LogP contribution in [-0.2, 0) is 0 Å². The molecule has 0 radical (unpaired) electrons. The molecule has 1 aliphatic rings. The van der Waals surface area contributed by atoms with Gasteiger partial charge >= 0.3 is 0 Å². The van der Waals surface area contributed by atoms with Crippen molar-refractivity contribution in [3.63, 3.8) is 0 Å². The first-order valence-electron chi connectivity index (χ1n) is 13.2. The van der Waals surface area contributed by atoms with Crippen LogP contribution in [0.3, 0.4) is 0 Å². The molecule has 184 valence electrons. The Hall–Kier alpha value is -3.68. The number of aromatic nitrogens is 1. The van der Waals surface area contributed by atoms with Crippen molar-refractivity contribution in [2.45, 2.75) is 25.7 Å². The molecule has 0 unspecified atom stereocenters. The quantitative estimate of drug-likeness (QED) is 0.253. The summed E-state index contributed by atoms with van der Waals surface area (Å²) in [5, 5.41) is 3.86. The van der Waals surface area contributed by atoms with Crippen LogP contribution in [0.5, 0.6) is 0 Å². The van der Waals surface area contributed by atoms with Gasteiger partial charge in [0.2, 0.25) is 5.89 Å². The second-order valence-corrected chi connectivity index (χ2v) is 12.9. The zero-order valence-corrected chi connectivity index (χ0v) is 21.9. The zero-order chi connectivity index (χ0) is 24.9. The van der Waals surface area contributed by atoms with E-state index in [1.165, 1.54) is 41.6 Å². The third-order valence-corrected chi connectivity index (χ3v) is 11.4. The first-order chi connectivity index (χ1) is 18.4. The van der Waals surface area contributed by atoms with Gasteiger partial charge in [0, 0.05) is 18.7 Å². The lowest BCUT2D eigenvalue weighted by atomic mass is 10.2. The lowest BCUT2D eigenvalue weighted by molar-refractivity contribution is 0.552. The maximum atomic E-state index is 6.81. The Morgan fingerprint density at radius 2 is 0.973 bits per heavy atom. The highest BCUT2D eigenvalue weighted by molar-refractivity contribution is 8.01. The Morgan fingerprint density at radius 3 is 1.43 bits per heavy atom. The van der Waals surface area contributed by atoms with Crippen LogP contribution < -0.4 is 26.2 Å². The van der Waals surface area contributed by atoms with Crippen molar-refractivity contribution >= 4 is 34.5 Å². The van der Waals surface area contributed by atoms with Crippen molar-refractivity contribution in [1.29, 1.82) is 0 Å². The van der Waals surface area contributed by atoms with E-state index in [9.17, 15) is 0 Å². The summed E-state index contributed by atoms with van der Waals surface area (Å²) in [5.74, 6) is 1.63. The van der Waals surface area contributed by atoms with E-state index >= 15 is 0 Å². The first kappa shape index (κ1) is 23.7. The van der Waals surface area contributed by atoms with Crippen molar-refractivity contribution in [2.24, 2.45) is 0 Å². The highest BCUT2D eigenvalue weighted by Gasteiger charge is 2.53. The Bertz CT molecular complexity index is 1310. The van der Waals surface area contributed by atoms with Gasteiger partial charge in [-0.2, -0.15) is 4.98 Å². The number of anilines is 1. The minimum absolute atomic E-state index is 0.696. The smallest absolute Gasteiger partial charge is 0.262 e. The van der Waals surface area contributed by atoms with Gasteiger partial charge in [-0.05, 0) is 61.4 Å². The Morgan fingerprint density at radius 1 is 0.541 bits per heavy atom. The van der Waals surface area contributed by atoms with E-state index in [1.54, 1.807) is 0 Å². The van der Waals surface area contributed by atoms with Crippen molar-refractivity contribution in [2.75, 3.05) is 18.0 Å². The molecule has 6 rings (SSSR count). The standard InChI is InChI=1S/C33H32N2OP/c1-2-16-26-35(25-15-1)33-32(34-31(36-33)27-17-7-3-8-18-27)37(28-19-9-4-10-20-28,29-21-11-5-12-22-29)30-23-13-6-14-24-30/h3-14,17-24H,1-2,15-16,25-26H2/q+1. The summed E-state index contributed by atoms with van der Waals surface area (Å²) < 4.78 is 6.81. The molecule has 1 aliphatic heterocycles. The summed E-state index contributed by atoms with van der Waals surface area (Å²) in [6, 6.07) is 43.2. The molecule has 0 spiro atoms. The van der Waals surface area contributed by atoms with Crippen LogP contribution >= 0.6 is 7.26 Å². The average Bonchev–Trinajstić information content (AvgIpc) is 3.24. The topological polar surface area (TPSA) is 29.3 Å². The molecule has 4 heteroatoms. The first-order valence-corrected chi connectivity index (χ1v) is 15.0. The molecule has 3 nitrogen and oxygen atoms in total. The molecular weight excluding hydrogens is 471 g/mol. The van der Waals surface area contributed by atoms with E-state index in [1.807, 2.05) is 6.07 Å². The van der Waals surface area contributed by atoms with Gasteiger partial charge in [0.05, 0.1) is 0 Å². The molecule has 2 heterocycles. The molecule has 1 aromatic heterocycles. The Kier molecular flexibility index (Phi) is 6.88. The molecule has 0 atom stereocenters. The van der Waals surface area contributed by atoms with Gasteiger partial charge in [0.1, 0.15) is 15.9 Å². The van der Waals surface area contributed by atoms with E-state index in [2.05, 4.69) is 120 Å². The predicted molar refractivity (Wildman–Crippen MR) is 157 cm³/mol. The summed E-state index contributed by atoms with van der Waals surface area (Å²) in [5.41, 5.74) is 2.08. The fourth-order valence-corrected chi connectivity index (χ4v) is 9.68. The van der Waals surface area contributed by atoms with Crippen molar-refractivity contribution in [1.82, 2.24) is 4.98 Å². The van der Waals surface area contributed by atoms with Crippen molar-refractivity contribution in [3.8, 4) is 11.5 Å². The zero-order valence-electron chi connectivity index (χ0n) is 21.0. The molecule has 0 saturated carbocycles. The summed E-state index contributed by atoms with van der Waals surface area (Å²) in [4.78, 5) is 7.89. The second-order valence-electron chi connectivity index (χ2n) is 9.59. The molecule has 1 fully saturated rings. The Balaban J connectivity index is 1.70. The lowest BCUT2D eigenvalue weighted by Crippen LogP contribution is -2.42. The third-order valence-electron chi connectivity index (χ3n) is 7.25. The van der Waals surface area contributed by atoms with Gasteiger partial charge in [0.15, 0.2) is 7.26 Å². The van der Waals surface area contributed by atoms with Crippen molar-refractivity contribution in [3.05, 3.63) is 121 Å². The fraction of sp³-hybridized carbons (Fsp3) is 0.182. The number of benzene rings is 4. The summed E-state index contributed by atoms with van der Waals surface area (Å²) in [7, 11) is -2.37. The maximum Gasteiger partial charge on any atom is 0.262 e. The van der Waals surface area contributed by atoms with Crippen molar-refractivity contribution < 1.29 is 4.42 Å². The number of oxazole rings is 1. The minimum atomic E-state index is -2.37. The molecule has 1 saturated heterocycles. The molecule has 0 aliphatic carbocycles. The molecule has 4 aromatic carbocycles. The lowest BCUT2D eigenvalue weighted by Gasteiger charge is -2.28. The highest BCUT2D eigenvalue weighted by atomic mass is 31.2. The van der Waals surface area contributed by atoms with Crippen LogP contribution in [0, 0.1) is 0 Å². The van der Waals surface area contributed by atoms with Crippen LogP contribution in [0.4, 0.5) is 5.88 Å². The average molecular weight is 504 g/mol. The molecule has 37 heavy (non-hydrogen) atoms. The third kappa shape index (κ3) is 4.49. The van der Waals surface area contributed by atoms with Crippen LogP contribution in [0.2, 0.25) is 0 Å². The van der Waals surface area contributed by atoms with Crippen LogP contribution in [-0.4, -0.2) is 18.1 Å². The van der Waals surface area contributed by atoms with Gasteiger partial charge in [-0.15, -0.1) is 0 Å². The summed E-state index contributed by atoms with van der Waals surface area (Å²) in [6.07, 6.45) is 4.88. The number of hydrogen-bond donors (Lipinski definition) is 0. The van der Waals surface area contributed by atoms with Gasteiger partial charge in [-0.25, -0.2) is 0 Å². The SMILES string of the molecule is c1ccc(-c2nc([P+](c3ccccc3)(c3ccccc3)c3ccccc3)c(N3CCCCCC3)o2)cc1. The van der Waals surface area contributed by atoms with Gasteiger partial charge in [-0.1, -0.05) is 85.6 Å². The predicted octanol–water partition coefficient (Wildman–Crippen LogP) is 6.34. The normalized spacial score (nSPS) is 14.3. The molecular formula is C33H32N2OP+. The van der Waals surface area contributed by atoms with E-state index in [0.717, 1.165) is 30.0 Å². The highest BCUT2D eigenvalue weighted by Crippen LogP contribution is 2.56. The summed E-state index contributed by atoms with van der Waals surface area (Å²) >= 11 is 0. The molecule has 0 amide bonds. The number of nitrogens with zero attached hydrogens (tertiary/aromatic N) is 2. The number of hydrogen-bond acceptors (Lipinski definition) is 3. The van der Waals surface area contributed by atoms with E-state index in [0.29, 0.717) is 5.89 Å². The Labute approximate surface area is 220 Å². The van der Waals surface area contributed by atoms with E-state index < -0.39 is 7.26 Å². The molecule has 5 aromatic rings. The van der Waals surface area contributed by atoms with Crippen LogP contribution in [0.15, 0.2) is 126 Å². The van der Waals surface area contributed by atoms with Gasteiger partial charge < -0.3 is 9.32 Å². The maximum absolute atomic E-state index is 6.81. The molecule has 0 bridgehead atoms. The number of rotatable bonds is 6. The summed E-state index contributed by atoms with van der Waals surface area (Å²) in [6.45, 7) is 1.99. The van der Waals surface area contributed by atoms with E-state index in [-0.39, 0.29) is 0 Å². The second kappa shape index (κ2) is 10.7. The largest absolute Gasteiger partial charge is 0.416 e.